The average Bonchev–Trinajstić information content (AvgIpc) is 2.46. The second kappa shape index (κ2) is 6.68. The van der Waals surface area contributed by atoms with Gasteiger partial charge in [-0.1, -0.05) is 40.0 Å². The average molecular weight is 294 g/mol. The van der Waals surface area contributed by atoms with Gasteiger partial charge < -0.3 is 10.6 Å². The molecule has 2 aliphatic carbocycles. The van der Waals surface area contributed by atoms with Gasteiger partial charge in [-0.15, -0.1) is 0 Å². The summed E-state index contributed by atoms with van der Waals surface area (Å²) in [5, 5.41) is 0. The Morgan fingerprint density at radius 1 is 1.14 bits per heavy atom. The monoisotopic (exact) mass is 294 g/mol. The van der Waals surface area contributed by atoms with E-state index in [9.17, 15) is 4.79 Å². The molecule has 3 atom stereocenters. The normalized spacial score (nSPS) is 33.7. The van der Waals surface area contributed by atoms with Crippen LogP contribution in [0.5, 0.6) is 0 Å². The van der Waals surface area contributed by atoms with Crippen molar-refractivity contribution in [2.45, 2.75) is 84.7 Å². The van der Waals surface area contributed by atoms with Crippen molar-refractivity contribution in [3.8, 4) is 0 Å². The number of hydrogen-bond acceptors (Lipinski definition) is 2. The molecule has 2 fully saturated rings. The zero-order chi connectivity index (χ0) is 15.6. The molecule has 1 amide bonds. The summed E-state index contributed by atoms with van der Waals surface area (Å²) >= 11 is 0. The van der Waals surface area contributed by atoms with Crippen molar-refractivity contribution in [2.24, 2.45) is 23.0 Å². The lowest BCUT2D eigenvalue weighted by Crippen LogP contribution is -2.54. The third-order valence-corrected chi connectivity index (χ3v) is 6.44. The van der Waals surface area contributed by atoms with E-state index in [0.717, 1.165) is 19.4 Å². The van der Waals surface area contributed by atoms with Gasteiger partial charge in [-0.2, -0.15) is 0 Å². The first-order chi connectivity index (χ1) is 9.89. The molecule has 2 rings (SSSR count). The molecular formula is C18H34N2O. The summed E-state index contributed by atoms with van der Waals surface area (Å²) in [4.78, 5) is 15.4. The van der Waals surface area contributed by atoms with Gasteiger partial charge in [0.15, 0.2) is 0 Å². The van der Waals surface area contributed by atoms with Crippen LogP contribution in [0.25, 0.3) is 0 Å². The van der Waals surface area contributed by atoms with Crippen LogP contribution in [-0.4, -0.2) is 29.4 Å². The Bertz CT molecular complexity index is 360. The predicted molar refractivity (Wildman–Crippen MR) is 87.9 cm³/mol. The van der Waals surface area contributed by atoms with E-state index < -0.39 is 0 Å². The van der Waals surface area contributed by atoms with Gasteiger partial charge in [0.1, 0.15) is 0 Å². The molecule has 0 saturated heterocycles. The molecule has 2 saturated carbocycles. The Kier molecular flexibility index (Phi) is 5.34. The van der Waals surface area contributed by atoms with E-state index in [4.69, 9.17) is 5.73 Å². The fourth-order valence-electron chi connectivity index (χ4n) is 4.48. The zero-order valence-electron chi connectivity index (χ0n) is 14.4. The molecule has 0 aromatic heterocycles. The lowest BCUT2D eigenvalue weighted by molar-refractivity contribution is -0.146. The summed E-state index contributed by atoms with van der Waals surface area (Å²) in [6.07, 6.45) is 8.24. The van der Waals surface area contributed by atoms with Crippen molar-refractivity contribution < 1.29 is 4.79 Å². The Hall–Kier alpha value is -0.570. The first kappa shape index (κ1) is 16.8. The standard InChI is InChI=1S/C18H34N2O/c1-5-20(14-9-7-6-8-10-14)17(21)15-11-12-16(19)13(2)18(15,3)4/h13-16H,5-12,19H2,1-4H3. The van der Waals surface area contributed by atoms with Gasteiger partial charge in [-0.3, -0.25) is 4.79 Å². The highest BCUT2D eigenvalue weighted by Crippen LogP contribution is 2.45. The highest BCUT2D eigenvalue weighted by Gasteiger charge is 2.46. The van der Waals surface area contributed by atoms with Crippen LogP contribution < -0.4 is 5.73 Å². The molecule has 0 aliphatic heterocycles. The summed E-state index contributed by atoms with van der Waals surface area (Å²) < 4.78 is 0. The van der Waals surface area contributed by atoms with E-state index in [-0.39, 0.29) is 17.4 Å². The minimum absolute atomic E-state index is 0.0108. The van der Waals surface area contributed by atoms with E-state index in [1.54, 1.807) is 0 Å². The highest BCUT2D eigenvalue weighted by atomic mass is 16.2. The number of carbonyl (C=O) groups is 1. The van der Waals surface area contributed by atoms with Crippen LogP contribution in [0.2, 0.25) is 0 Å². The van der Waals surface area contributed by atoms with Crippen LogP contribution in [0.15, 0.2) is 0 Å². The number of nitrogens with zero attached hydrogens (tertiary/aromatic N) is 1. The molecule has 21 heavy (non-hydrogen) atoms. The van der Waals surface area contributed by atoms with Gasteiger partial charge in [0, 0.05) is 24.5 Å². The molecule has 3 heteroatoms. The van der Waals surface area contributed by atoms with E-state index in [2.05, 4.69) is 32.6 Å². The van der Waals surface area contributed by atoms with Gasteiger partial charge >= 0.3 is 0 Å². The molecule has 3 unspecified atom stereocenters. The summed E-state index contributed by atoms with van der Waals surface area (Å²) in [7, 11) is 0. The molecule has 0 spiro atoms. The topological polar surface area (TPSA) is 46.3 Å². The first-order valence-corrected chi connectivity index (χ1v) is 8.95. The van der Waals surface area contributed by atoms with E-state index in [1.165, 1.54) is 32.1 Å². The number of rotatable bonds is 3. The third-order valence-electron chi connectivity index (χ3n) is 6.44. The number of carbonyl (C=O) groups excluding carboxylic acids is 1. The SMILES string of the molecule is CCN(C(=O)C1CCC(N)C(C)C1(C)C)C1CCCCC1. The minimum Gasteiger partial charge on any atom is -0.340 e. The van der Waals surface area contributed by atoms with Crippen molar-refractivity contribution in [2.75, 3.05) is 6.54 Å². The fourth-order valence-corrected chi connectivity index (χ4v) is 4.48. The number of hydrogen-bond donors (Lipinski definition) is 1. The smallest absolute Gasteiger partial charge is 0.226 e. The van der Waals surface area contributed by atoms with Crippen LogP contribution in [0, 0.1) is 17.3 Å². The maximum atomic E-state index is 13.2. The van der Waals surface area contributed by atoms with Crippen molar-refractivity contribution >= 4 is 5.91 Å². The van der Waals surface area contributed by atoms with Crippen LogP contribution in [0.1, 0.15) is 72.6 Å². The van der Waals surface area contributed by atoms with Crippen molar-refractivity contribution in [1.29, 1.82) is 0 Å². The first-order valence-electron chi connectivity index (χ1n) is 8.95. The summed E-state index contributed by atoms with van der Waals surface area (Å²) in [5.74, 6) is 0.951. The van der Waals surface area contributed by atoms with Crippen molar-refractivity contribution in [1.82, 2.24) is 4.90 Å². The lowest BCUT2D eigenvalue weighted by Gasteiger charge is -2.48. The highest BCUT2D eigenvalue weighted by molar-refractivity contribution is 5.80. The molecule has 2 N–H and O–H groups in total. The van der Waals surface area contributed by atoms with Crippen LogP contribution in [0.4, 0.5) is 0 Å². The zero-order valence-corrected chi connectivity index (χ0v) is 14.4. The quantitative estimate of drug-likeness (QED) is 0.865. The Balaban J connectivity index is 2.12. The molecule has 0 aromatic rings. The lowest BCUT2D eigenvalue weighted by atomic mass is 9.60. The van der Waals surface area contributed by atoms with E-state index in [1.807, 2.05) is 0 Å². The van der Waals surface area contributed by atoms with Crippen molar-refractivity contribution in [3.05, 3.63) is 0 Å². The van der Waals surface area contributed by atoms with Gasteiger partial charge in [0.2, 0.25) is 5.91 Å². The second-order valence-corrected chi connectivity index (χ2v) is 7.82. The van der Waals surface area contributed by atoms with Crippen molar-refractivity contribution in [3.63, 3.8) is 0 Å². The predicted octanol–water partition coefficient (Wildman–Crippen LogP) is 3.57. The summed E-state index contributed by atoms with van der Waals surface area (Å²) in [5.41, 5.74) is 6.25. The van der Waals surface area contributed by atoms with Crippen LogP contribution >= 0.6 is 0 Å². The number of amides is 1. The number of nitrogens with two attached hydrogens (primary N) is 1. The molecule has 122 valence electrons. The summed E-state index contributed by atoms with van der Waals surface area (Å²) in [6.45, 7) is 9.71. The molecular weight excluding hydrogens is 260 g/mol. The van der Waals surface area contributed by atoms with Gasteiger partial charge in [-0.25, -0.2) is 0 Å². The van der Waals surface area contributed by atoms with E-state index in [0.29, 0.717) is 17.9 Å². The molecule has 0 aromatic carbocycles. The minimum atomic E-state index is 0.0108. The van der Waals surface area contributed by atoms with Gasteiger partial charge in [-0.05, 0) is 43.9 Å². The Morgan fingerprint density at radius 2 is 1.76 bits per heavy atom. The maximum absolute atomic E-state index is 13.2. The maximum Gasteiger partial charge on any atom is 0.226 e. The Morgan fingerprint density at radius 3 is 2.33 bits per heavy atom. The second-order valence-electron chi connectivity index (χ2n) is 7.82. The molecule has 0 heterocycles. The summed E-state index contributed by atoms with van der Waals surface area (Å²) in [6, 6.07) is 0.728. The van der Waals surface area contributed by atoms with Gasteiger partial charge in [0.05, 0.1) is 0 Å². The third kappa shape index (κ3) is 3.28. The van der Waals surface area contributed by atoms with E-state index >= 15 is 0 Å². The molecule has 0 bridgehead atoms. The fraction of sp³-hybridized carbons (Fsp3) is 0.944. The Labute approximate surface area is 130 Å². The molecule has 0 radical (unpaired) electrons. The molecule has 3 nitrogen and oxygen atoms in total. The largest absolute Gasteiger partial charge is 0.340 e. The van der Waals surface area contributed by atoms with Crippen LogP contribution in [-0.2, 0) is 4.79 Å². The van der Waals surface area contributed by atoms with Crippen LogP contribution in [0.3, 0.4) is 0 Å². The van der Waals surface area contributed by atoms with Gasteiger partial charge in [0.25, 0.3) is 0 Å². The molecule has 2 aliphatic rings.